The molecule has 4 heteroatoms. The number of benzene rings is 1. The van der Waals surface area contributed by atoms with Gasteiger partial charge in [-0.05, 0) is 12.5 Å². The second-order valence-electron chi connectivity index (χ2n) is 3.84. The fourth-order valence-electron chi connectivity index (χ4n) is 1.89. The molecule has 4 nitrogen and oxygen atoms in total. The van der Waals surface area contributed by atoms with Crippen molar-refractivity contribution in [2.75, 3.05) is 5.73 Å². The van der Waals surface area contributed by atoms with E-state index in [0.29, 0.717) is 18.8 Å². The first-order valence-corrected chi connectivity index (χ1v) is 5.49. The van der Waals surface area contributed by atoms with Gasteiger partial charge in [-0.25, -0.2) is 4.68 Å². The van der Waals surface area contributed by atoms with Crippen LogP contribution in [0.2, 0.25) is 0 Å². The molecular formula is C13H14N4. The van der Waals surface area contributed by atoms with Gasteiger partial charge in [0.15, 0.2) is 0 Å². The molecule has 0 spiro atoms. The summed E-state index contributed by atoms with van der Waals surface area (Å²) >= 11 is 0. The second-order valence-corrected chi connectivity index (χ2v) is 3.84. The van der Waals surface area contributed by atoms with E-state index in [9.17, 15) is 0 Å². The number of nitrogens with two attached hydrogens (primary N) is 1. The van der Waals surface area contributed by atoms with Crippen LogP contribution in [0.25, 0.3) is 11.1 Å². The van der Waals surface area contributed by atoms with Crippen LogP contribution in [0, 0.1) is 18.3 Å². The minimum Gasteiger partial charge on any atom is -0.383 e. The van der Waals surface area contributed by atoms with Crippen molar-refractivity contribution in [3.63, 3.8) is 0 Å². The predicted molar refractivity (Wildman–Crippen MR) is 67.0 cm³/mol. The molecule has 1 aromatic carbocycles. The molecule has 0 bridgehead atoms. The van der Waals surface area contributed by atoms with Crippen molar-refractivity contribution >= 4 is 5.82 Å². The Labute approximate surface area is 100 Å². The van der Waals surface area contributed by atoms with Gasteiger partial charge in [0.25, 0.3) is 0 Å². The maximum Gasteiger partial charge on any atom is 0.129 e. The SMILES string of the molecule is Cc1nn(CCC#N)c(N)c1-c1ccccc1. The van der Waals surface area contributed by atoms with Crippen molar-refractivity contribution in [1.82, 2.24) is 9.78 Å². The van der Waals surface area contributed by atoms with E-state index in [1.807, 2.05) is 37.3 Å². The highest BCUT2D eigenvalue weighted by Crippen LogP contribution is 2.28. The van der Waals surface area contributed by atoms with Crippen LogP contribution in [0.15, 0.2) is 30.3 Å². The molecule has 0 unspecified atom stereocenters. The van der Waals surface area contributed by atoms with E-state index in [0.717, 1.165) is 16.8 Å². The average Bonchev–Trinajstić information content (AvgIpc) is 2.63. The molecule has 0 amide bonds. The molecule has 1 heterocycles. The minimum absolute atomic E-state index is 0.416. The number of aromatic nitrogens is 2. The summed E-state index contributed by atoms with van der Waals surface area (Å²) in [5.41, 5.74) is 8.99. The number of rotatable bonds is 3. The number of anilines is 1. The zero-order valence-electron chi connectivity index (χ0n) is 9.72. The summed E-state index contributed by atoms with van der Waals surface area (Å²) in [5.74, 6) is 0.629. The molecule has 0 aliphatic heterocycles. The lowest BCUT2D eigenvalue weighted by atomic mass is 10.1. The lowest BCUT2D eigenvalue weighted by Gasteiger charge is -2.03. The van der Waals surface area contributed by atoms with E-state index in [1.54, 1.807) is 4.68 Å². The number of aryl methyl sites for hydroxylation is 2. The summed E-state index contributed by atoms with van der Waals surface area (Å²) in [7, 11) is 0. The minimum atomic E-state index is 0.416. The van der Waals surface area contributed by atoms with Gasteiger partial charge in [-0.3, -0.25) is 0 Å². The Balaban J connectivity index is 2.43. The zero-order chi connectivity index (χ0) is 12.3. The van der Waals surface area contributed by atoms with Gasteiger partial charge in [-0.2, -0.15) is 10.4 Å². The Hall–Kier alpha value is -2.28. The lowest BCUT2D eigenvalue weighted by molar-refractivity contribution is 0.631. The third-order valence-corrected chi connectivity index (χ3v) is 2.66. The third-order valence-electron chi connectivity index (χ3n) is 2.66. The van der Waals surface area contributed by atoms with Gasteiger partial charge in [-0.1, -0.05) is 30.3 Å². The Morgan fingerprint density at radius 2 is 2.06 bits per heavy atom. The Kier molecular flexibility index (Phi) is 3.10. The van der Waals surface area contributed by atoms with Crippen LogP contribution >= 0.6 is 0 Å². The highest BCUT2D eigenvalue weighted by atomic mass is 15.3. The molecule has 1 aromatic heterocycles. The maximum absolute atomic E-state index is 8.58. The third kappa shape index (κ3) is 2.13. The van der Waals surface area contributed by atoms with E-state index in [2.05, 4.69) is 11.2 Å². The standard InChI is InChI=1S/C13H14N4/c1-10-12(11-6-3-2-4-7-11)13(15)17(16-10)9-5-8-14/h2-4,6-7H,5,9,15H2,1H3. The monoisotopic (exact) mass is 226 g/mol. The first kappa shape index (κ1) is 11.2. The molecule has 0 saturated heterocycles. The molecule has 86 valence electrons. The summed E-state index contributed by atoms with van der Waals surface area (Å²) in [5, 5.41) is 12.9. The van der Waals surface area contributed by atoms with Crippen LogP contribution in [-0.2, 0) is 6.54 Å². The number of nitrogens with zero attached hydrogens (tertiary/aromatic N) is 3. The van der Waals surface area contributed by atoms with Crippen molar-refractivity contribution < 1.29 is 0 Å². The Bertz CT molecular complexity index is 549. The van der Waals surface area contributed by atoms with Gasteiger partial charge in [0.1, 0.15) is 5.82 Å². The summed E-state index contributed by atoms with van der Waals surface area (Å²) in [4.78, 5) is 0. The van der Waals surface area contributed by atoms with Crippen LogP contribution in [0.4, 0.5) is 5.82 Å². The fraction of sp³-hybridized carbons (Fsp3) is 0.231. The van der Waals surface area contributed by atoms with Gasteiger partial charge in [-0.15, -0.1) is 0 Å². The van der Waals surface area contributed by atoms with Crippen molar-refractivity contribution in [3.8, 4) is 17.2 Å². The van der Waals surface area contributed by atoms with E-state index in [-0.39, 0.29) is 0 Å². The summed E-state index contributed by atoms with van der Waals surface area (Å²) in [6.45, 7) is 2.47. The molecule has 0 saturated carbocycles. The quantitative estimate of drug-likeness (QED) is 0.873. The zero-order valence-corrected chi connectivity index (χ0v) is 9.72. The maximum atomic E-state index is 8.58. The first-order chi connectivity index (χ1) is 8.24. The smallest absolute Gasteiger partial charge is 0.129 e. The molecule has 0 radical (unpaired) electrons. The normalized spacial score (nSPS) is 10.1. The molecule has 0 fully saturated rings. The molecule has 0 aliphatic rings. The topological polar surface area (TPSA) is 67.6 Å². The van der Waals surface area contributed by atoms with Gasteiger partial charge in [0, 0.05) is 5.56 Å². The lowest BCUT2D eigenvalue weighted by Crippen LogP contribution is -2.04. The number of hydrogen-bond acceptors (Lipinski definition) is 3. The summed E-state index contributed by atoms with van der Waals surface area (Å²) < 4.78 is 1.70. The number of nitrogen functional groups attached to an aromatic ring is 1. The van der Waals surface area contributed by atoms with E-state index < -0.39 is 0 Å². The second kappa shape index (κ2) is 4.71. The fourth-order valence-corrected chi connectivity index (χ4v) is 1.89. The first-order valence-electron chi connectivity index (χ1n) is 5.49. The van der Waals surface area contributed by atoms with Crippen LogP contribution in [-0.4, -0.2) is 9.78 Å². The molecule has 17 heavy (non-hydrogen) atoms. The van der Waals surface area contributed by atoms with Gasteiger partial charge in [0.05, 0.1) is 24.7 Å². The van der Waals surface area contributed by atoms with E-state index >= 15 is 0 Å². The van der Waals surface area contributed by atoms with Crippen molar-refractivity contribution in [3.05, 3.63) is 36.0 Å². The molecule has 2 N–H and O–H groups in total. The Morgan fingerprint density at radius 1 is 1.35 bits per heavy atom. The Morgan fingerprint density at radius 3 is 2.71 bits per heavy atom. The van der Waals surface area contributed by atoms with Gasteiger partial charge in [0.2, 0.25) is 0 Å². The molecule has 0 aliphatic carbocycles. The molecule has 0 atom stereocenters. The predicted octanol–water partition coefficient (Wildman–Crippen LogP) is 2.35. The summed E-state index contributed by atoms with van der Waals surface area (Å²) in [6, 6.07) is 12.0. The van der Waals surface area contributed by atoms with E-state index in [4.69, 9.17) is 11.0 Å². The molecule has 2 rings (SSSR count). The van der Waals surface area contributed by atoms with Crippen LogP contribution in [0.3, 0.4) is 0 Å². The summed E-state index contributed by atoms with van der Waals surface area (Å²) in [6.07, 6.45) is 0.416. The van der Waals surface area contributed by atoms with Crippen LogP contribution in [0.5, 0.6) is 0 Å². The van der Waals surface area contributed by atoms with Crippen LogP contribution < -0.4 is 5.73 Å². The van der Waals surface area contributed by atoms with Crippen molar-refractivity contribution in [2.45, 2.75) is 19.9 Å². The number of hydrogen-bond donors (Lipinski definition) is 1. The van der Waals surface area contributed by atoms with Crippen LogP contribution in [0.1, 0.15) is 12.1 Å². The van der Waals surface area contributed by atoms with E-state index in [1.165, 1.54) is 0 Å². The largest absolute Gasteiger partial charge is 0.383 e. The van der Waals surface area contributed by atoms with Crippen molar-refractivity contribution in [1.29, 1.82) is 5.26 Å². The average molecular weight is 226 g/mol. The van der Waals surface area contributed by atoms with Crippen molar-refractivity contribution in [2.24, 2.45) is 0 Å². The number of nitriles is 1. The highest BCUT2D eigenvalue weighted by molar-refractivity contribution is 5.76. The molecule has 2 aromatic rings. The van der Waals surface area contributed by atoms with Gasteiger partial charge < -0.3 is 5.73 Å². The molecular weight excluding hydrogens is 212 g/mol. The van der Waals surface area contributed by atoms with Gasteiger partial charge >= 0.3 is 0 Å². The highest BCUT2D eigenvalue weighted by Gasteiger charge is 2.13.